The first kappa shape index (κ1) is 16.5. The fraction of sp³-hybridized carbons (Fsp3) is 0.400. The molecule has 0 aromatic carbocycles. The number of thiazole rings is 1. The molecule has 0 radical (unpaired) electrons. The highest BCUT2D eigenvalue weighted by molar-refractivity contribution is 7.11. The summed E-state index contributed by atoms with van der Waals surface area (Å²) in [5.41, 5.74) is 0.335. The zero-order valence-corrected chi connectivity index (χ0v) is 14.2. The number of aryl methyl sites for hydroxylation is 1. The quantitative estimate of drug-likeness (QED) is 0.725. The van der Waals surface area contributed by atoms with E-state index in [2.05, 4.69) is 30.9 Å². The van der Waals surface area contributed by atoms with Crippen LogP contribution in [0.4, 0.5) is 0 Å². The number of aromatic nitrogens is 3. The summed E-state index contributed by atoms with van der Waals surface area (Å²) in [7, 11) is 0. The molecule has 1 aliphatic heterocycles. The molecule has 126 valence electrons. The lowest BCUT2D eigenvalue weighted by molar-refractivity contribution is 0.0918. The summed E-state index contributed by atoms with van der Waals surface area (Å²) in [5.74, 6) is -0.668. The first-order chi connectivity index (χ1) is 11.5. The van der Waals surface area contributed by atoms with Gasteiger partial charge in [-0.25, -0.2) is 15.0 Å². The second kappa shape index (κ2) is 7.02. The van der Waals surface area contributed by atoms with Gasteiger partial charge in [-0.05, 0) is 13.8 Å². The molecule has 3 N–H and O–H groups in total. The number of amides is 2. The SMILES string of the molecule is Cc1cnc(C(C)NC(=O)c2cc(C(=O)NC3CNC3)ncn2)s1. The Bertz CT molecular complexity index is 758. The van der Waals surface area contributed by atoms with Crippen molar-refractivity contribution in [2.24, 2.45) is 0 Å². The lowest BCUT2D eigenvalue weighted by Gasteiger charge is -2.27. The second-order valence-electron chi connectivity index (χ2n) is 5.62. The molecule has 0 spiro atoms. The number of hydrogen-bond acceptors (Lipinski definition) is 7. The molecule has 1 aliphatic rings. The van der Waals surface area contributed by atoms with Gasteiger partial charge < -0.3 is 16.0 Å². The molecule has 1 fully saturated rings. The van der Waals surface area contributed by atoms with E-state index in [0.29, 0.717) is 0 Å². The normalized spacial score (nSPS) is 15.4. The zero-order valence-electron chi connectivity index (χ0n) is 13.4. The van der Waals surface area contributed by atoms with Crippen LogP contribution in [0, 0.1) is 6.92 Å². The predicted octanol–water partition coefficient (Wildman–Crippen LogP) is 0.434. The van der Waals surface area contributed by atoms with Gasteiger partial charge >= 0.3 is 0 Å². The Morgan fingerprint density at radius 3 is 2.54 bits per heavy atom. The standard InChI is InChI=1S/C15H18N6O2S/c1-8-4-17-15(24-8)9(2)20-13(22)11-3-12(19-7-18-11)14(23)21-10-5-16-6-10/h3-4,7,9-10,16H,5-6H2,1-2H3,(H,20,22)(H,21,23). The van der Waals surface area contributed by atoms with Crippen LogP contribution in [0.25, 0.3) is 0 Å². The van der Waals surface area contributed by atoms with Gasteiger partial charge in [-0.2, -0.15) is 0 Å². The molecule has 3 rings (SSSR count). The minimum absolute atomic E-state index is 0.109. The van der Waals surface area contributed by atoms with E-state index in [0.717, 1.165) is 23.0 Å². The molecule has 24 heavy (non-hydrogen) atoms. The van der Waals surface area contributed by atoms with Gasteiger partial charge in [0.25, 0.3) is 11.8 Å². The molecule has 1 unspecified atom stereocenters. The van der Waals surface area contributed by atoms with Crippen LogP contribution in [0.3, 0.4) is 0 Å². The highest BCUT2D eigenvalue weighted by atomic mass is 32.1. The summed E-state index contributed by atoms with van der Waals surface area (Å²) < 4.78 is 0. The maximum absolute atomic E-state index is 12.3. The highest BCUT2D eigenvalue weighted by Gasteiger charge is 2.21. The Kier molecular flexibility index (Phi) is 4.81. The monoisotopic (exact) mass is 346 g/mol. The largest absolute Gasteiger partial charge is 0.345 e. The van der Waals surface area contributed by atoms with Crippen LogP contribution in [0.1, 0.15) is 43.8 Å². The number of nitrogens with zero attached hydrogens (tertiary/aromatic N) is 3. The number of carbonyl (C=O) groups is 2. The fourth-order valence-corrected chi connectivity index (χ4v) is 2.94. The summed E-state index contributed by atoms with van der Waals surface area (Å²) in [5, 5.41) is 9.56. The maximum Gasteiger partial charge on any atom is 0.270 e. The predicted molar refractivity (Wildman–Crippen MR) is 88.9 cm³/mol. The Morgan fingerprint density at radius 1 is 1.25 bits per heavy atom. The van der Waals surface area contributed by atoms with Crippen molar-refractivity contribution in [2.45, 2.75) is 25.9 Å². The summed E-state index contributed by atoms with van der Waals surface area (Å²) in [6.07, 6.45) is 2.99. The van der Waals surface area contributed by atoms with Gasteiger partial charge in [-0.15, -0.1) is 11.3 Å². The van der Waals surface area contributed by atoms with E-state index in [9.17, 15) is 9.59 Å². The minimum atomic E-state index is -0.364. The topological polar surface area (TPSA) is 109 Å². The van der Waals surface area contributed by atoms with Crippen molar-refractivity contribution < 1.29 is 9.59 Å². The third kappa shape index (κ3) is 3.74. The van der Waals surface area contributed by atoms with Crippen molar-refractivity contribution >= 4 is 23.2 Å². The number of nitrogens with one attached hydrogen (secondary N) is 3. The molecular weight excluding hydrogens is 328 g/mol. The molecule has 0 saturated carbocycles. The van der Waals surface area contributed by atoms with Crippen molar-refractivity contribution in [2.75, 3.05) is 13.1 Å². The van der Waals surface area contributed by atoms with E-state index in [1.165, 1.54) is 23.7 Å². The third-order valence-corrected chi connectivity index (χ3v) is 4.70. The number of rotatable bonds is 5. The van der Waals surface area contributed by atoms with Crippen molar-refractivity contribution in [1.29, 1.82) is 0 Å². The van der Waals surface area contributed by atoms with E-state index < -0.39 is 0 Å². The van der Waals surface area contributed by atoms with Crippen LogP contribution in [-0.4, -0.2) is 45.9 Å². The van der Waals surface area contributed by atoms with Crippen molar-refractivity contribution in [3.8, 4) is 0 Å². The maximum atomic E-state index is 12.3. The highest BCUT2D eigenvalue weighted by Crippen LogP contribution is 2.19. The molecule has 2 aromatic heterocycles. The van der Waals surface area contributed by atoms with Gasteiger partial charge in [0, 0.05) is 30.2 Å². The van der Waals surface area contributed by atoms with Gasteiger partial charge in [0.1, 0.15) is 22.7 Å². The van der Waals surface area contributed by atoms with E-state index in [1.807, 2.05) is 13.8 Å². The van der Waals surface area contributed by atoms with Gasteiger partial charge in [-0.3, -0.25) is 9.59 Å². The third-order valence-electron chi connectivity index (χ3n) is 3.61. The van der Waals surface area contributed by atoms with Gasteiger partial charge in [0.15, 0.2) is 0 Å². The fourth-order valence-electron chi connectivity index (χ4n) is 2.16. The van der Waals surface area contributed by atoms with Crippen molar-refractivity contribution in [3.05, 3.63) is 39.9 Å². The molecule has 3 heterocycles. The molecule has 0 bridgehead atoms. The van der Waals surface area contributed by atoms with Crippen LogP contribution in [0.15, 0.2) is 18.6 Å². The summed E-state index contributed by atoms with van der Waals surface area (Å²) in [6.45, 7) is 5.31. The summed E-state index contributed by atoms with van der Waals surface area (Å²) >= 11 is 1.53. The Balaban J connectivity index is 1.66. The average Bonchev–Trinajstić information content (AvgIpc) is 2.97. The van der Waals surface area contributed by atoms with Crippen molar-refractivity contribution in [1.82, 2.24) is 30.9 Å². The van der Waals surface area contributed by atoms with Crippen LogP contribution < -0.4 is 16.0 Å². The molecule has 0 aliphatic carbocycles. The van der Waals surface area contributed by atoms with E-state index >= 15 is 0 Å². The molecule has 1 atom stereocenters. The smallest absolute Gasteiger partial charge is 0.270 e. The molecular formula is C15H18N6O2S. The van der Waals surface area contributed by atoms with E-state index in [4.69, 9.17) is 0 Å². The summed E-state index contributed by atoms with van der Waals surface area (Å²) in [6, 6.07) is 1.28. The summed E-state index contributed by atoms with van der Waals surface area (Å²) in [4.78, 5) is 37.7. The van der Waals surface area contributed by atoms with E-state index in [-0.39, 0.29) is 35.3 Å². The first-order valence-corrected chi connectivity index (χ1v) is 8.41. The van der Waals surface area contributed by atoms with Gasteiger partial charge in [-0.1, -0.05) is 0 Å². The molecule has 2 amide bonds. The lowest BCUT2D eigenvalue weighted by atomic mass is 10.1. The van der Waals surface area contributed by atoms with Crippen LogP contribution in [0.2, 0.25) is 0 Å². The first-order valence-electron chi connectivity index (χ1n) is 7.59. The zero-order chi connectivity index (χ0) is 17.1. The van der Waals surface area contributed by atoms with Gasteiger partial charge in [0.2, 0.25) is 0 Å². The number of hydrogen-bond donors (Lipinski definition) is 3. The van der Waals surface area contributed by atoms with Crippen LogP contribution >= 0.6 is 11.3 Å². The molecule has 1 saturated heterocycles. The Morgan fingerprint density at radius 2 is 1.96 bits per heavy atom. The minimum Gasteiger partial charge on any atom is -0.345 e. The van der Waals surface area contributed by atoms with Gasteiger partial charge in [0.05, 0.1) is 12.1 Å². The lowest BCUT2D eigenvalue weighted by Crippen LogP contribution is -2.57. The Labute approximate surface area is 143 Å². The number of carbonyl (C=O) groups excluding carboxylic acids is 2. The van der Waals surface area contributed by atoms with Crippen molar-refractivity contribution in [3.63, 3.8) is 0 Å². The molecule has 9 heteroatoms. The Hall–Kier alpha value is -2.39. The second-order valence-corrected chi connectivity index (χ2v) is 6.89. The average molecular weight is 346 g/mol. The molecule has 2 aromatic rings. The molecule has 8 nitrogen and oxygen atoms in total. The van der Waals surface area contributed by atoms with Crippen LogP contribution in [-0.2, 0) is 0 Å². The van der Waals surface area contributed by atoms with E-state index in [1.54, 1.807) is 6.20 Å². The van der Waals surface area contributed by atoms with Crippen LogP contribution in [0.5, 0.6) is 0 Å².